The second-order valence-electron chi connectivity index (χ2n) is 7.14. The molecule has 26 heavy (non-hydrogen) atoms. The van der Waals surface area contributed by atoms with Gasteiger partial charge in [0.05, 0.1) is 0 Å². The summed E-state index contributed by atoms with van der Waals surface area (Å²) in [6.07, 6.45) is 2.11. The number of benzene rings is 3. The second-order valence-corrected chi connectivity index (χ2v) is 7.14. The van der Waals surface area contributed by atoms with Crippen LogP contribution < -0.4 is 5.32 Å². The molecular formula is C25H29N. The predicted molar refractivity (Wildman–Crippen MR) is 112 cm³/mol. The molecule has 0 spiro atoms. The van der Waals surface area contributed by atoms with Crippen LogP contribution in [0, 0.1) is 0 Å². The van der Waals surface area contributed by atoms with Crippen molar-refractivity contribution in [2.75, 3.05) is 6.54 Å². The topological polar surface area (TPSA) is 12.0 Å². The molecule has 1 N–H and O–H groups in total. The van der Waals surface area contributed by atoms with E-state index in [9.17, 15) is 0 Å². The molecule has 0 fully saturated rings. The van der Waals surface area contributed by atoms with Crippen LogP contribution in [0.1, 0.15) is 37.0 Å². The molecule has 0 saturated carbocycles. The first-order valence-corrected chi connectivity index (χ1v) is 9.63. The summed E-state index contributed by atoms with van der Waals surface area (Å²) in [5, 5.41) is 3.82. The van der Waals surface area contributed by atoms with E-state index in [2.05, 4.69) is 110 Å². The summed E-state index contributed by atoms with van der Waals surface area (Å²) >= 11 is 0. The molecule has 1 heteroatoms. The summed E-state index contributed by atoms with van der Waals surface area (Å²) in [5.41, 5.74) is 4.14. The van der Waals surface area contributed by atoms with Gasteiger partial charge >= 0.3 is 0 Å². The Hall–Kier alpha value is -2.38. The lowest BCUT2D eigenvalue weighted by molar-refractivity contribution is 0.415. The van der Waals surface area contributed by atoms with E-state index in [0.29, 0.717) is 6.04 Å². The zero-order valence-corrected chi connectivity index (χ0v) is 15.9. The van der Waals surface area contributed by atoms with E-state index in [1.54, 1.807) is 0 Å². The Morgan fingerprint density at radius 2 is 1.19 bits per heavy atom. The van der Waals surface area contributed by atoms with Gasteiger partial charge in [0.1, 0.15) is 0 Å². The Balaban J connectivity index is 1.82. The molecule has 0 radical (unpaired) electrons. The first-order chi connectivity index (χ1) is 12.7. The molecule has 0 amide bonds. The summed E-state index contributed by atoms with van der Waals surface area (Å²) in [7, 11) is 0. The van der Waals surface area contributed by atoms with Crippen LogP contribution in [0.2, 0.25) is 0 Å². The molecule has 0 bridgehead atoms. The van der Waals surface area contributed by atoms with E-state index < -0.39 is 0 Å². The van der Waals surface area contributed by atoms with Crippen molar-refractivity contribution in [2.45, 2.75) is 38.1 Å². The molecule has 3 aromatic rings. The van der Waals surface area contributed by atoms with Crippen molar-refractivity contribution < 1.29 is 0 Å². The molecule has 134 valence electrons. The molecular weight excluding hydrogens is 314 g/mol. The average Bonchev–Trinajstić information content (AvgIpc) is 2.71. The van der Waals surface area contributed by atoms with E-state index in [1.807, 2.05) is 0 Å². The highest BCUT2D eigenvalue weighted by atomic mass is 14.9. The zero-order chi connectivity index (χ0) is 18.2. The van der Waals surface area contributed by atoms with E-state index in [4.69, 9.17) is 0 Å². The third kappa shape index (κ3) is 4.23. The highest BCUT2D eigenvalue weighted by Gasteiger charge is 2.32. The summed E-state index contributed by atoms with van der Waals surface area (Å²) in [4.78, 5) is 0. The lowest BCUT2D eigenvalue weighted by Crippen LogP contribution is -2.43. The van der Waals surface area contributed by atoms with Gasteiger partial charge in [-0.3, -0.25) is 0 Å². The van der Waals surface area contributed by atoms with Crippen molar-refractivity contribution in [3.8, 4) is 0 Å². The molecule has 3 rings (SSSR count). The van der Waals surface area contributed by atoms with Gasteiger partial charge in [0.2, 0.25) is 0 Å². The van der Waals surface area contributed by atoms with Crippen LogP contribution in [-0.4, -0.2) is 12.6 Å². The smallest absolute Gasteiger partial charge is 0.0324 e. The fraction of sp³-hybridized carbons (Fsp3) is 0.280. The van der Waals surface area contributed by atoms with Gasteiger partial charge in [-0.15, -0.1) is 0 Å². The van der Waals surface area contributed by atoms with E-state index in [-0.39, 0.29) is 5.41 Å². The van der Waals surface area contributed by atoms with Crippen LogP contribution in [0.3, 0.4) is 0 Å². The molecule has 1 unspecified atom stereocenters. The SMILES string of the molecule is CCC(CNC(C)Cc1ccccc1)(c1ccccc1)c1ccccc1. The van der Waals surface area contributed by atoms with Crippen LogP contribution in [-0.2, 0) is 11.8 Å². The summed E-state index contributed by atoms with van der Waals surface area (Å²) in [6, 6.07) is 33.0. The predicted octanol–water partition coefficient (Wildman–Crippen LogP) is 5.60. The van der Waals surface area contributed by atoms with E-state index in [0.717, 1.165) is 19.4 Å². The zero-order valence-electron chi connectivity index (χ0n) is 15.9. The molecule has 0 saturated heterocycles. The van der Waals surface area contributed by atoms with Crippen molar-refractivity contribution in [1.29, 1.82) is 0 Å². The molecule has 0 aromatic heterocycles. The molecule has 0 heterocycles. The van der Waals surface area contributed by atoms with Gasteiger partial charge < -0.3 is 5.32 Å². The first-order valence-electron chi connectivity index (χ1n) is 9.63. The molecule has 1 nitrogen and oxygen atoms in total. The van der Waals surface area contributed by atoms with Crippen molar-refractivity contribution in [3.63, 3.8) is 0 Å². The largest absolute Gasteiger partial charge is 0.313 e. The summed E-state index contributed by atoms with van der Waals surface area (Å²) in [5.74, 6) is 0. The van der Waals surface area contributed by atoms with Crippen LogP contribution in [0.25, 0.3) is 0 Å². The van der Waals surface area contributed by atoms with Crippen LogP contribution in [0.5, 0.6) is 0 Å². The van der Waals surface area contributed by atoms with Gasteiger partial charge in [0.25, 0.3) is 0 Å². The van der Waals surface area contributed by atoms with E-state index >= 15 is 0 Å². The Labute approximate surface area is 158 Å². The van der Waals surface area contributed by atoms with Crippen LogP contribution >= 0.6 is 0 Å². The Morgan fingerprint density at radius 1 is 0.731 bits per heavy atom. The Kier molecular flexibility index (Phi) is 6.25. The standard InChI is InChI=1S/C25H29N/c1-3-25(23-15-9-5-10-16-23,24-17-11-6-12-18-24)20-26-21(2)19-22-13-7-4-8-14-22/h4-18,21,26H,3,19-20H2,1-2H3. The van der Waals surface area contributed by atoms with Gasteiger partial charge in [0.15, 0.2) is 0 Å². The van der Waals surface area contributed by atoms with Crippen molar-refractivity contribution >= 4 is 0 Å². The van der Waals surface area contributed by atoms with Gasteiger partial charge in [-0.1, -0.05) is 97.9 Å². The minimum atomic E-state index is -0.00648. The van der Waals surface area contributed by atoms with E-state index in [1.165, 1.54) is 16.7 Å². The summed E-state index contributed by atoms with van der Waals surface area (Å²) in [6.45, 7) is 5.51. The average molecular weight is 344 g/mol. The number of rotatable bonds is 8. The lowest BCUT2D eigenvalue weighted by atomic mass is 9.72. The quantitative estimate of drug-likeness (QED) is 0.561. The van der Waals surface area contributed by atoms with Gasteiger partial charge in [-0.2, -0.15) is 0 Å². The molecule has 0 aliphatic carbocycles. The minimum absolute atomic E-state index is 0.00648. The number of hydrogen-bond donors (Lipinski definition) is 1. The van der Waals surface area contributed by atoms with Crippen LogP contribution in [0.4, 0.5) is 0 Å². The monoisotopic (exact) mass is 343 g/mol. The third-order valence-corrected chi connectivity index (χ3v) is 5.39. The van der Waals surface area contributed by atoms with Gasteiger partial charge in [-0.25, -0.2) is 0 Å². The Bertz CT molecular complexity index is 726. The molecule has 0 aliphatic rings. The fourth-order valence-corrected chi connectivity index (χ4v) is 3.81. The second kappa shape index (κ2) is 8.82. The molecule has 3 aromatic carbocycles. The summed E-state index contributed by atoms with van der Waals surface area (Å²) < 4.78 is 0. The van der Waals surface area contributed by atoms with Gasteiger partial charge in [-0.05, 0) is 36.5 Å². The maximum absolute atomic E-state index is 3.82. The van der Waals surface area contributed by atoms with Crippen molar-refractivity contribution in [2.24, 2.45) is 0 Å². The highest BCUT2D eigenvalue weighted by molar-refractivity contribution is 5.39. The minimum Gasteiger partial charge on any atom is -0.313 e. The number of hydrogen-bond acceptors (Lipinski definition) is 1. The lowest BCUT2D eigenvalue weighted by Gasteiger charge is -2.36. The number of nitrogens with one attached hydrogen (secondary N) is 1. The Morgan fingerprint density at radius 3 is 1.65 bits per heavy atom. The maximum Gasteiger partial charge on any atom is 0.0324 e. The molecule has 1 atom stereocenters. The van der Waals surface area contributed by atoms with Gasteiger partial charge in [0, 0.05) is 18.0 Å². The maximum atomic E-state index is 3.82. The first kappa shape index (κ1) is 18.4. The normalized spacial score (nSPS) is 12.7. The highest BCUT2D eigenvalue weighted by Crippen LogP contribution is 2.35. The molecule has 0 aliphatic heterocycles. The van der Waals surface area contributed by atoms with Crippen molar-refractivity contribution in [3.05, 3.63) is 108 Å². The fourth-order valence-electron chi connectivity index (χ4n) is 3.81. The third-order valence-electron chi connectivity index (χ3n) is 5.39. The van der Waals surface area contributed by atoms with Crippen LogP contribution in [0.15, 0.2) is 91.0 Å². The van der Waals surface area contributed by atoms with Crippen molar-refractivity contribution in [1.82, 2.24) is 5.32 Å².